The molecule has 1 fully saturated rings. The van der Waals surface area contributed by atoms with Gasteiger partial charge in [-0.05, 0) is 36.2 Å². The van der Waals surface area contributed by atoms with E-state index in [-0.39, 0.29) is 5.91 Å². The Balaban J connectivity index is 1.62. The number of rotatable bonds is 6. The van der Waals surface area contributed by atoms with Gasteiger partial charge in [-0.2, -0.15) is 0 Å². The molecule has 0 saturated carbocycles. The van der Waals surface area contributed by atoms with Crippen molar-refractivity contribution in [3.8, 4) is 5.75 Å². The molecule has 0 bridgehead atoms. The standard InChI is InChI=1S/C22H29N3O3/c1-16-6-4-5-7-19(16)25-12-10-24(11-13-25)15-20(26)17-8-9-21(28-3)18(14-17)22(27)23-2/h4-9,14,20,26H,10-13,15H2,1-3H3,(H,23,27). The number of benzene rings is 2. The smallest absolute Gasteiger partial charge is 0.254 e. The molecule has 0 radical (unpaired) electrons. The van der Waals surface area contributed by atoms with Crippen LogP contribution in [0.3, 0.4) is 0 Å². The van der Waals surface area contributed by atoms with E-state index in [0.717, 1.165) is 31.7 Å². The van der Waals surface area contributed by atoms with Gasteiger partial charge in [-0.1, -0.05) is 24.3 Å². The summed E-state index contributed by atoms with van der Waals surface area (Å²) in [6.45, 7) is 6.33. The molecule has 3 rings (SSSR count). The van der Waals surface area contributed by atoms with Crippen LogP contribution in [0.15, 0.2) is 42.5 Å². The van der Waals surface area contributed by atoms with Crippen molar-refractivity contribution in [3.05, 3.63) is 59.2 Å². The van der Waals surface area contributed by atoms with Crippen molar-refractivity contribution < 1.29 is 14.6 Å². The third-order valence-corrected chi connectivity index (χ3v) is 5.34. The minimum absolute atomic E-state index is 0.224. The largest absolute Gasteiger partial charge is 0.496 e. The van der Waals surface area contributed by atoms with Gasteiger partial charge in [-0.15, -0.1) is 0 Å². The number of hydrogen-bond acceptors (Lipinski definition) is 5. The number of nitrogens with one attached hydrogen (secondary N) is 1. The number of β-amino-alcohol motifs (C(OH)–C–C–N with tert-alkyl or cyclic N) is 1. The van der Waals surface area contributed by atoms with Crippen LogP contribution in [0.4, 0.5) is 5.69 Å². The quantitative estimate of drug-likeness (QED) is 0.801. The van der Waals surface area contributed by atoms with E-state index in [0.29, 0.717) is 17.9 Å². The van der Waals surface area contributed by atoms with Crippen LogP contribution in [0.1, 0.15) is 27.6 Å². The number of carbonyl (C=O) groups is 1. The van der Waals surface area contributed by atoms with Crippen LogP contribution in [0.2, 0.25) is 0 Å². The first-order valence-corrected chi connectivity index (χ1v) is 9.64. The van der Waals surface area contributed by atoms with E-state index in [1.54, 1.807) is 19.2 Å². The summed E-state index contributed by atoms with van der Waals surface area (Å²) in [6, 6.07) is 13.7. The number of aryl methyl sites for hydroxylation is 1. The lowest BCUT2D eigenvalue weighted by Gasteiger charge is -2.37. The first kappa shape index (κ1) is 20.2. The second kappa shape index (κ2) is 9.08. The summed E-state index contributed by atoms with van der Waals surface area (Å²) in [5.74, 6) is 0.278. The molecule has 1 amide bonds. The maximum Gasteiger partial charge on any atom is 0.254 e. The number of anilines is 1. The summed E-state index contributed by atoms with van der Waals surface area (Å²) in [4.78, 5) is 16.7. The van der Waals surface area contributed by atoms with Crippen molar-refractivity contribution in [2.24, 2.45) is 0 Å². The predicted octanol–water partition coefficient (Wildman–Crippen LogP) is 2.22. The van der Waals surface area contributed by atoms with E-state index in [1.807, 2.05) is 6.07 Å². The fraction of sp³-hybridized carbons (Fsp3) is 0.409. The highest BCUT2D eigenvalue weighted by Gasteiger charge is 2.22. The molecule has 1 atom stereocenters. The Morgan fingerprint density at radius 2 is 1.89 bits per heavy atom. The van der Waals surface area contributed by atoms with Crippen LogP contribution in [0, 0.1) is 6.92 Å². The highest BCUT2D eigenvalue weighted by Crippen LogP contribution is 2.25. The number of ether oxygens (including phenoxy) is 1. The molecule has 2 aromatic carbocycles. The average molecular weight is 383 g/mol. The van der Waals surface area contributed by atoms with Gasteiger partial charge in [0.05, 0.1) is 18.8 Å². The summed E-state index contributed by atoms with van der Waals surface area (Å²) in [5, 5.41) is 13.3. The van der Waals surface area contributed by atoms with Crippen LogP contribution < -0.4 is 15.0 Å². The Labute approximate surface area is 166 Å². The van der Waals surface area contributed by atoms with Crippen LogP contribution in [-0.4, -0.2) is 62.8 Å². The molecular weight excluding hydrogens is 354 g/mol. The Morgan fingerprint density at radius 1 is 1.18 bits per heavy atom. The molecule has 0 aliphatic carbocycles. The van der Waals surface area contributed by atoms with E-state index in [1.165, 1.54) is 18.4 Å². The first-order valence-electron chi connectivity index (χ1n) is 9.64. The molecular formula is C22H29N3O3. The minimum atomic E-state index is -0.653. The van der Waals surface area contributed by atoms with Crippen LogP contribution in [0.25, 0.3) is 0 Å². The zero-order valence-corrected chi connectivity index (χ0v) is 16.8. The molecule has 28 heavy (non-hydrogen) atoms. The number of aliphatic hydroxyl groups is 1. The molecule has 1 unspecified atom stereocenters. The van der Waals surface area contributed by atoms with Gasteiger partial charge in [-0.3, -0.25) is 9.69 Å². The van der Waals surface area contributed by atoms with Crippen molar-refractivity contribution >= 4 is 11.6 Å². The first-order chi connectivity index (χ1) is 13.5. The predicted molar refractivity (Wildman–Crippen MR) is 111 cm³/mol. The lowest BCUT2D eigenvalue weighted by molar-refractivity contribution is 0.0958. The second-order valence-electron chi connectivity index (χ2n) is 7.13. The number of hydrogen-bond donors (Lipinski definition) is 2. The molecule has 6 nitrogen and oxygen atoms in total. The Morgan fingerprint density at radius 3 is 2.54 bits per heavy atom. The Kier molecular flexibility index (Phi) is 6.54. The number of para-hydroxylation sites is 1. The number of nitrogens with zero attached hydrogens (tertiary/aromatic N) is 2. The SMILES string of the molecule is CNC(=O)c1cc(C(O)CN2CCN(c3ccccc3C)CC2)ccc1OC. The highest BCUT2D eigenvalue weighted by molar-refractivity contribution is 5.97. The van der Waals surface area contributed by atoms with Gasteiger partial charge in [0.2, 0.25) is 0 Å². The topological polar surface area (TPSA) is 65.0 Å². The summed E-state index contributed by atoms with van der Waals surface area (Å²) in [7, 11) is 3.12. The zero-order chi connectivity index (χ0) is 20.1. The number of amides is 1. The van der Waals surface area contributed by atoms with Crippen molar-refractivity contribution in [3.63, 3.8) is 0 Å². The minimum Gasteiger partial charge on any atom is -0.496 e. The summed E-state index contributed by atoms with van der Waals surface area (Å²) in [5.41, 5.74) is 3.73. The van der Waals surface area contributed by atoms with Gasteiger partial charge in [0, 0.05) is 45.5 Å². The van der Waals surface area contributed by atoms with Crippen LogP contribution in [-0.2, 0) is 0 Å². The van der Waals surface area contributed by atoms with Crippen molar-refractivity contribution in [2.45, 2.75) is 13.0 Å². The Hall–Kier alpha value is -2.57. The third kappa shape index (κ3) is 4.46. The zero-order valence-electron chi connectivity index (χ0n) is 16.8. The fourth-order valence-electron chi connectivity index (χ4n) is 3.68. The van der Waals surface area contributed by atoms with Gasteiger partial charge in [0.25, 0.3) is 5.91 Å². The summed E-state index contributed by atoms with van der Waals surface area (Å²) in [6.07, 6.45) is -0.653. The van der Waals surface area contributed by atoms with E-state index in [4.69, 9.17) is 4.74 Å². The second-order valence-corrected chi connectivity index (χ2v) is 7.13. The molecule has 2 N–H and O–H groups in total. The highest BCUT2D eigenvalue weighted by atomic mass is 16.5. The van der Waals surface area contributed by atoms with Gasteiger partial charge < -0.3 is 20.1 Å². The molecule has 0 aromatic heterocycles. The molecule has 0 spiro atoms. The number of carbonyl (C=O) groups excluding carboxylic acids is 1. The van der Waals surface area contributed by atoms with Gasteiger partial charge in [0.15, 0.2) is 0 Å². The molecule has 150 valence electrons. The maximum atomic E-state index is 12.1. The third-order valence-electron chi connectivity index (χ3n) is 5.34. The summed E-state index contributed by atoms with van der Waals surface area (Å²) >= 11 is 0. The van der Waals surface area contributed by atoms with Crippen LogP contribution in [0.5, 0.6) is 5.75 Å². The lowest BCUT2D eigenvalue weighted by Crippen LogP contribution is -2.47. The monoisotopic (exact) mass is 383 g/mol. The van der Waals surface area contributed by atoms with E-state index in [2.05, 4.69) is 46.3 Å². The Bertz CT molecular complexity index is 816. The molecule has 1 heterocycles. The van der Waals surface area contributed by atoms with Gasteiger partial charge in [0.1, 0.15) is 5.75 Å². The number of methoxy groups -OCH3 is 1. The van der Waals surface area contributed by atoms with Gasteiger partial charge in [-0.25, -0.2) is 0 Å². The number of aliphatic hydroxyl groups excluding tert-OH is 1. The van der Waals surface area contributed by atoms with Crippen LogP contribution >= 0.6 is 0 Å². The van der Waals surface area contributed by atoms with Crippen molar-refractivity contribution in [1.82, 2.24) is 10.2 Å². The molecule has 1 aliphatic rings. The maximum absolute atomic E-state index is 12.1. The van der Waals surface area contributed by atoms with E-state index in [9.17, 15) is 9.90 Å². The molecule has 1 aliphatic heterocycles. The molecule has 6 heteroatoms. The molecule has 2 aromatic rings. The number of piperazine rings is 1. The average Bonchev–Trinajstić information content (AvgIpc) is 2.73. The lowest BCUT2D eigenvalue weighted by atomic mass is 10.0. The fourth-order valence-corrected chi connectivity index (χ4v) is 3.68. The van der Waals surface area contributed by atoms with E-state index >= 15 is 0 Å². The van der Waals surface area contributed by atoms with Gasteiger partial charge >= 0.3 is 0 Å². The van der Waals surface area contributed by atoms with Crippen molar-refractivity contribution in [2.75, 3.05) is 51.8 Å². The molecule has 1 saturated heterocycles. The normalized spacial score (nSPS) is 15.9. The van der Waals surface area contributed by atoms with Crippen molar-refractivity contribution in [1.29, 1.82) is 0 Å². The summed E-state index contributed by atoms with van der Waals surface area (Å²) < 4.78 is 5.26. The van der Waals surface area contributed by atoms with E-state index < -0.39 is 6.10 Å².